The van der Waals surface area contributed by atoms with Crippen LogP contribution in [0.5, 0.6) is 5.75 Å². The molecule has 0 saturated carbocycles. The highest BCUT2D eigenvalue weighted by molar-refractivity contribution is 7.86. The van der Waals surface area contributed by atoms with Gasteiger partial charge in [-0.3, -0.25) is 4.55 Å². The van der Waals surface area contributed by atoms with E-state index in [0.29, 0.717) is 16.2 Å². The van der Waals surface area contributed by atoms with Crippen LogP contribution < -0.4 is 4.74 Å². The fourth-order valence-electron chi connectivity index (χ4n) is 3.64. The molecule has 0 spiro atoms. The van der Waals surface area contributed by atoms with Crippen LogP contribution >= 0.6 is 0 Å². The lowest BCUT2D eigenvalue weighted by atomic mass is 9.92. The van der Waals surface area contributed by atoms with E-state index in [9.17, 15) is 26.1 Å². The first-order valence-electron chi connectivity index (χ1n) is 8.79. The van der Waals surface area contributed by atoms with Gasteiger partial charge in [-0.1, -0.05) is 42.5 Å². The normalized spacial score (nSPS) is 12.4. The third-order valence-electron chi connectivity index (χ3n) is 4.95. The molecule has 8 heteroatoms. The van der Waals surface area contributed by atoms with Gasteiger partial charge in [0.05, 0.1) is 12.7 Å². The molecular weight excluding hydrogens is 417 g/mol. The molecule has 4 aromatic rings. The zero-order valence-corrected chi connectivity index (χ0v) is 16.4. The molecular formula is C22H15F3O4S. The maximum Gasteiger partial charge on any atom is 0.416 e. The van der Waals surface area contributed by atoms with Crippen LogP contribution in [0, 0.1) is 0 Å². The average Bonchev–Trinajstić information content (AvgIpc) is 2.70. The van der Waals surface area contributed by atoms with E-state index in [1.807, 2.05) is 0 Å². The molecule has 0 fully saturated rings. The number of fused-ring (bicyclic) bond motifs is 2. The molecule has 0 aliphatic heterocycles. The third-order valence-corrected chi connectivity index (χ3v) is 5.84. The molecule has 4 rings (SSSR count). The standard InChI is InChI=1S/C22H15F3O4S/c1-29-18-10-6-14-12-15(22(23,24)25)8-9-17(14)20(18)21-16-5-3-2-4-13(16)7-11-19(21)30(26,27)28/h2-12H,1H3,(H,26,27,28). The molecule has 0 aliphatic rings. The molecule has 0 aliphatic carbocycles. The van der Waals surface area contributed by atoms with E-state index in [4.69, 9.17) is 4.74 Å². The van der Waals surface area contributed by atoms with Crippen LogP contribution in [0.3, 0.4) is 0 Å². The van der Waals surface area contributed by atoms with Crippen LogP contribution in [0.2, 0.25) is 0 Å². The molecule has 0 radical (unpaired) electrons. The van der Waals surface area contributed by atoms with Crippen LogP contribution in [-0.2, 0) is 16.3 Å². The van der Waals surface area contributed by atoms with Crippen molar-refractivity contribution in [2.24, 2.45) is 0 Å². The molecule has 0 saturated heterocycles. The van der Waals surface area contributed by atoms with Crippen LogP contribution in [0.4, 0.5) is 13.2 Å². The second-order valence-corrected chi connectivity index (χ2v) is 8.10. The predicted molar refractivity (Wildman–Crippen MR) is 108 cm³/mol. The molecule has 4 aromatic carbocycles. The first-order chi connectivity index (χ1) is 14.1. The molecule has 0 atom stereocenters. The summed E-state index contributed by atoms with van der Waals surface area (Å²) in [5.41, 5.74) is -0.370. The van der Waals surface area contributed by atoms with Crippen molar-refractivity contribution in [3.63, 3.8) is 0 Å². The van der Waals surface area contributed by atoms with E-state index >= 15 is 0 Å². The molecule has 0 bridgehead atoms. The van der Waals surface area contributed by atoms with E-state index in [1.54, 1.807) is 30.3 Å². The molecule has 154 valence electrons. The summed E-state index contributed by atoms with van der Waals surface area (Å²) in [7, 11) is -3.25. The van der Waals surface area contributed by atoms with Crippen molar-refractivity contribution in [2.45, 2.75) is 11.1 Å². The highest BCUT2D eigenvalue weighted by Gasteiger charge is 2.31. The van der Waals surface area contributed by atoms with Crippen molar-refractivity contribution < 1.29 is 30.9 Å². The lowest BCUT2D eigenvalue weighted by molar-refractivity contribution is -0.137. The monoisotopic (exact) mass is 432 g/mol. The van der Waals surface area contributed by atoms with Gasteiger partial charge in [-0.05, 0) is 45.8 Å². The summed E-state index contributed by atoms with van der Waals surface area (Å²) < 4.78 is 79.1. The number of halogens is 3. The maximum atomic E-state index is 13.2. The molecule has 0 amide bonds. The van der Waals surface area contributed by atoms with Crippen molar-refractivity contribution in [3.8, 4) is 16.9 Å². The van der Waals surface area contributed by atoms with E-state index in [-0.39, 0.29) is 27.2 Å². The van der Waals surface area contributed by atoms with Gasteiger partial charge in [0.25, 0.3) is 10.1 Å². The van der Waals surface area contributed by atoms with Crippen molar-refractivity contribution in [1.29, 1.82) is 0 Å². The second-order valence-electron chi connectivity index (χ2n) is 6.71. The fourth-order valence-corrected chi connectivity index (χ4v) is 4.35. The Bertz CT molecular complexity index is 1390. The summed E-state index contributed by atoms with van der Waals surface area (Å²) in [5, 5.41) is 1.84. The van der Waals surface area contributed by atoms with E-state index in [2.05, 4.69) is 0 Å². The first kappa shape index (κ1) is 20.2. The Kier molecular flexibility index (Phi) is 4.71. The average molecular weight is 432 g/mol. The lowest BCUT2D eigenvalue weighted by Crippen LogP contribution is -2.05. The Labute approximate surface area is 170 Å². The zero-order valence-electron chi connectivity index (χ0n) is 15.6. The summed E-state index contributed by atoms with van der Waals surface area (Å²) in [5.74, 6) is 0.267. The number of ether oxygens (including phenoxy) is 1. The Morgan fingerprint density at radius 2 is 1.50 bits per heavy atom. The number of rotatable bonds is 3. The number of benzene rings is 4. The highest BCUT2D eigenvalue weighted by atomic mass is 32.2. The highest BCUT2D eigenvalue weighted by Crippen LogP contribution is 2.44. The summed E-state index contributed by atoms with van der Waals surface area (Å²) in [6, 6.07) is 15.9. The minimum Gasteiger partial charge on any atom is -0.496 e. The zero-order chi connectivity index (χ0) is 21.7. The van der Waals surface area contributed by atoms with Gasteiger partial charge in [0, 0.05) is 11.1 Å². The van der Waals surface area contributed by atoms with Crippen molar-refractivity contribution in [2.75, 3.05) is 7.11 Å². The van der Waals surface area contributed by atoms with Crippen molar-refractivity contribution >= 4 is 31.7 Å². The minimum atomic E-state index is -4.63. The SMILES string of the molecule is COc1ccc2cc(C(F)(F)F)ccc2c1-c1c(S(=O)(=O)O)ccc2ccccc12. The minimum absolute atomic E-state index is 0.165. The van der Waals surface area contributed by atoms with Gasteiger partial charge in [-0.25, -0.2) is 0 Å². The Balaban J connectivity index is 2.20. The van der Waals surface area contributed by atoms with Crippen LogP contribution in [0.1, 0.15) is 5.56 Å². The number of alkyl halides is 3. The van der Waals surface area contributed by atoms with E-state index in [0.717, 1.165) is 12.1 Å². The topological polar surface area (TPSA) is 63.6 Å². The summed E-state index contributed by atoms with van der Waals surface area (Å²) in [4.78, 5) is -0.355. The molecule has 30 heavy (non-hydrogen) atoms. The third kappa shape index (κ3) is 3.38. The predicted octanol–water partition coefficient (Wildman–Crippen LogP) is 5.93. The van der Waals surface area contributed by atoms with Gasteiger partial charge >= 0.3 is 6.18 Å². The fraction of sp³-hybridized carbons (Fsp3) is 0.0909. The Hall–Kier alpha value is -3.10. The van der Waals surface area contributed by atoms with Gasteiger partial charge in [0.15, 0.2) is 0 Å². The maximum absolute atomic E-state index is 13.2. The Morgan fingerprint density at radius 3 is 2.17 bits per heavy atom. The molecule has 0 heterocycles. The van der Waals surface area contributed by atoms with Gasteiger partial charge < -0.3 is 4.74 Å². The number of hydrogen-bond acceptors (Lipinski definition) is 3. The molecule has 4 nitrogen and oxygen atoms in total. The van der Waals surface area contributed by atoms with Crippen molar-refractivity contribution in [1.82, 2.24) is 0 Å². The quantitative estimate of drug-likeness (QED) is 0.407. The van der Waals surface area contributed by atoms with Gasteiger partial charge in [0.2, 0.25) is 0 Å². The first-order valence-corrected chi connectivity index (χ1v) is 10.2. The summed E-state index contributed by atoms with van der Waals surface area (Å²) >= 11 is 0. The van der Waals surface area contributed by atoms with E-state index in [1.165, 1.54) is 31.4 Å². The summed E-state index contributed by atoms with van der Waals surface area (Å²) in [6.07, 6.45) is -4.52. The van der Waals surface area contributed by atoms with Crippen LogP contribution in [-0.4, -0.2) is 20.1 Å². The van der Waals surface area contributed by atoms with Gasteiger partial charge in [-0.2, -0.15) is 21.6 Å². The summed E-state index contributed by atoms with van der Waals surface area (Å²) in [6.45, 7) is 0. The van der Waals surface area contributed by atoms with E-state index < -0.39 is 21.9 Å². The largest absolute Gasteiger partial charge is 0.496 e. The number of hydrogen-bond donors (Lipinski definition) is 1. The lowest BCUT2D eigenvalue weighted by Gasteiger charge is -2.18. The Morgan fingerprint density at radius 1 is 0.833 bits per heavy atom. The van der Waals surface area contributed by atoms with Crippen LogP contribution in [0.25, 0.3) is 32.7 Å². The molecule has 0 unspecified atom stereocenters. The van der Waals surface area contributed by atoms with Gasteiger partial charge in [-0.15, -0.1) is 0 Å². The molecule has 1 N–H and O–H groups in total. The smallest absolute Gasteiger partial charge is 0.416 e. The number of methoxy groups -OCH3 is 1. The van der Waals surface area contributed by atoms with Crippen LogP contribution in [0.15, 0.2) is 71.6 Å². The van der Waals surface area contributed by atoms with Crippen molar-refractivity contribution in [3.05, 3.63) is 72.3 Å². The second kappa shape index (κ2) is 7.00. The molecule has 0 aromatic heterocycles. The van der Waals surface area contributed by atoms with Gasteiger partial charge in [0.1, 0.15) is 10.6 Å².